The first-order chi connectivity index (χ1) is 15.5. The zero-order valence-corrected chi connectivity index (χ0v) is 17.5. The summed E-state index contributed by atoms with van der Waals surface area (Å²) in [5, 5.41) is 6.08. The van der Waals surface area contributed by atoms with E-state index in [0.717, 1.165) is 37.6 Å². The van der Waals surface area contributed by atoms with E-state index < -0.39 is 17.5 Å². The number of carbonyl (C=O) groups excluding carboxylic acids is 1. The second kappa shape index (κ2) is 9.69. The van der Waals surface area contributed by atoms with Crippen LogP contribution in [0.5, 0.6) is 11.6 Å². The number of ether oxygens (including phenoxy) is 1. The number of anilines is 2. The molecule has 0 radical (unpaired) electrons. The van der Waals surface area contributed by atoms with Gasteiger partial charge in [0, 0.05) is 43.5 Å². The highest BCUT2D eigenvalue weighted by Gasteiger charge is 2.17. The molecule has 1 saturated heterocycles. The third-order valence-corrected chi connectivity index (χ3v) is 5.05. The van der Waals surface area contributed by atoms with Crippen LogP contribution in [0, 0.1) is 11.6 Å². The molecule has 166 valence electrons. The molecule has 0 saturated carbocycles. The van der Waals surface area contributed by atoms with E-state index in [9.17, 15) is 13.6 Å². The van der Waals surface area contributed by atoms with Crippen molar-refractivity contribution < 1.29 is 18.3 Å². The van der Waals surface area contributed by atoms with E-state index in [1.807, 2.05) is 0 Å². The average molecular weight is 439 g/mol. The van der Waals surface area contributed by atoms with Gasteiger partial charge in [-0.2, -0.15) is 0 Å². The summed E-state index contributed by atoms with van der Waals surface area (Å²) in [6.07, 6.45) is 1.28. The van der Waals surface area contributed by atoms with Crippen LogP contribution in [0.4, 0.5) is 20.3 Å². The highest BCUT2D eigenvalue weighted by Crippen LogP contribution is 2.24. The molecule has 0 aliphatic carbocycles. The quantitative estimate of drug-likeness (QED) is 0.612. The van der Waals surface area contributed by atoms with E-state index in [-0.39, 0.29) is 12.0 Å². The molecule has 1 aliphatic heterocycles. The number of nitrogens with zero attached hydrogens (tertiary/aromatic N) is 3. The number of piperazine rings is 1. The number of hydrogen-bond donors (Lipinski definition) is 2. The number of amides is 1. The molecule has 2 aromatic carbocycles. The van der Waals surface area contributed by atoms with E-state index in [1.165, 1.54) is 12.4 Å². The minimum atomic E-state index is -0.747. The van der Waals surface area contributed by atoms with Crippen LogP contribution in [0.15, 0.2) is 54.9 Å². The van der Waals surface area contributed by atoms with E-state index in [0.29, 0.717) is 23.4 Å². The van der Waals surface area contributed by atoms with Gasteiger partial charge >= 0.3 is 0 Å². The van der Waals surface area contributed by atoms with Crippen molar-refractivity contribution >= 4 is 17.4 Å². The number of halogens is 2. The van der Waals surface area contributed by atoms with Crippen LogP contribution in [-0.2, 0) is 11.2 Å². The summed E-state index contributed by atoms with van der Waals surface area (Å²) in [6, 6.07) is 12.1. The Morgan fingerprint density at radius 2 is 2.00 bits per heavy atom. The molecule has 2 N–H and O–H groups in total. The number of benzene rings is 2. The molecular weight excluding hydrogens is 416 g/mol. The zero-order valence-electron chi connectivity index (χ0n) is 17.5. The molecule has 0 bridgehead atoms. The van der Waals surface area contributed by atoms with Gasteiger partial charge < -0.3 is 20.3 Å². The Hall–Kier alpha value is -3.59. The van der Waals surface area contributed by atoms with Gasteiger partial charge in [0.05, 0.1) is 6.42 Å². The Labute approximate surface area is 184 Å². The number of carbonyl (C=O) groups is 1. The number of aromatic nitrogens is 2. The van der Waals surface area contributed by atoms with Crippen LogP contribution < -0.4 is 20.3 Å². The van der Waals surface area contributed by atoms with Crippen molar-refractivity contribution in [3.63, 3.8) is 0 Å². The van der Waals surface area contributed by atoms with E-state index in [1.54, 1.807) is 30.3 Å². The number of hydrogen-bond acceptors (Lipinski definition) is 6. The van der Waals surface area contributed by atoms with Gasteiger partial charge in [-0.1, -0.05) is 6.07 Å². The number of nitrogens with one attached hydrogen (secondary N) is 2. The van der Waals surface area contributed by atoms with Gasteiger partial charge in [-0.3, -0.25) is 4.79 Å². The van der Waals surface area contributed by atoms with Crippen molar-refractivity contribution in [1.82, 2.24) is 15.3 Å². The molecule has 1 fully saturated rings. The van der Waals surface area contributed by atoms with Crippen molar-refractivity contribution in [2.24, 2.45) is 0 Å². The van der Waals surface area contributed by atoms with Crippen LogP contribution >= 0.6 is 0 Å². The summed E-state index contributed by atoms with van der Waals surface area (Å²) in [4.78, 5) is 22.9. The lowest BCUT2D eigenvalue weighted by molar-refractivity contribution is -0.115. The van der Waals surface area contributed by atoms with Crippen LogP contribution in [-0.4, -0.2) is 41.6 Å². The van der Waals surface area contributed by atoms with Gasteiger partial charge in [0.15, 0.2) is 0 Å². The minimum Gasteiger partial charge on any atom is -0.439 e. The number of rotatable bonds is 6. The lowest BCUT2D eigenvalue weighted by Crippen LogP contribution is -2.49. The second-order valence-electron chi connectivity index (χ2n) is 7.60. The summed E-state index contributed by atoms with van der Waals surface area (Å²) >= 11 is 0. The van der Waals surface area contributed by atoms with E-state index >= 15 is 0 Å². The Morgan fingerprint density at radius 1 is 1.19 bits per heavy atom. The molecule has 3 aromatic rings. The predicted molar refractivity (Wildman–Crippen MR) is 117 cm³/mol. The molecule has 0 spiro atoms. The minimum absolute atomic E-state index is 0.127. The fourth-order valence-electron chi connectivity index (χ4n) is 3.47. The van der Waals surface area contributed by atoms with Gasteiger partial charge in [0.25, 0.3) is 0 Å². The molecule has 1 atom stereocenters. The summed E-state index contributed by atoms with van der Waals surface area (Å²) in [7, 11) is 0. The zero-order chi connectivity index (χ0) is 22.5. The smallest absolute Gasteiger partial charge is 0.228 e. The average Bonchev–Trinajstić information content (AvgIpc) is 2.77. The molecule has 9 heteroatoms. The van der Waals surface area contributed by atoms with Gasteiger partial charge in [0.2, 0.25) is 11.8 Å². The molecule has 4 rings (SSSR count). The lowest BCUT2D eigenvalue weighted by atomic mass is 10.1. The van der Waals surface area contributed by atoms with Crippen molar-refractivity contribution in [2.75, 3.05) is 29.9 Å². The monoisotopic (exact) mass is 439 g/mol. The fourth-order valence-corrected chi connectivity index (χ4v) is 3.47. The van der Waals surface area contributed by atoms with Crippen LogP contribution in [0.3, 0.4) is 0 Å². The summed E-state index contributed by atoms with van der Waals surface area (Å²) < 4.78 is 32.5. The molecule has 1 aromatic heterocycles. The molecule has 32 heavy (non-hydrogen) atoms. The summed E-state index contributed by atoms with van der Waals surface area (Å²) in [5.74, 6) is -0.0604. The Kier molecular flexibility index (Phi) is 6.55. The largest absolute Gasteiger partial charge is 0.439 e. The molecule has 0 unspecified atom stereocenters. The summed E-state index contributed by atoms with van der Waals surface area (Å²) in [5.41, 5.74) is 0.658. The van der Waals surface area contributed by atoms with Crippen molar-refractivity contribution in [2.45, 2.75) is 19.4 Å². The van der Waals surface area contributed by atoms with Gasteiger partial charge in [-0.15, -0.1) is 0 Å². The molecule has 1 amide bonds. The van der Waals surface area contributed by atoms with Crippen LogP contribution in [0.1, 0.15) is 12.5 Å². The molecule has 2 heterocycles. The third kappa shape index (κ3) is 5.55. The highest BCUT2D eigenvalue weighted by molar-refractivity contribution is 5.92. The molecular formula is C23H23F2N5O2. The Morgan fingerprint density at radius 3 is 2.75 bits per heavy atom. The summed E-state index contributed by atoms with van der Waals surface area (Å²) in [6.45, 7) is 4.73. The van der Waals surface area contributed by atoms with Crippen LogP contribution in [0.25, 0.3) is 0 Å². The van der Waals surface area contributed by atoms with Gasteiger partial charge in [0.1, 0.15) is 29.5 Å². The van der Waals surface area contributed by atoms with Crippen molar-refractivity contribution in [3.8, 4) is 11.6 Å². The predicted octanol–water partition coefficient (Wildman–Crippen LogP) is 3.53. The lowest BCUT2D eigenvalue weighted by Gasteiger charge is -2.32. The molecule has 1 aliphatic rings. The first kappa shape index (κ1) is 21.6. The topological polar surface area (TPSA) is 79.4 Å². The first-order valence-electron chi connectivity index (χ1n) is 10.3. The standard InChI is InChI=1S/C23H23F2N5O2/c1-15-13-30(9-8-26-15)21-12-23(28-14-27-21)32-19-6-4-18(5-7-19)29-22(31)10-16-2-3-17(24)11-20(16)25/h2-7,11-12,14-15,26H,8-10,13H2,1H3,(H,29,31)/t15-/m1/s1. The maximum Gasteiger partial charge on any atom is 0.228 e. The van der Waals surface area contributed by atoms with Crippen molar-refractivity contribution in [3.05, 3.63) is 72.1 Å². The maximum absolute atomic E-state index is 13.7. The van der Waals surface area contributed by atoms with Gasteiger partial charge in [-0.05, 0) is 42.8 Å². The van der Waals surface area contributed by atoms with Crippen molar-refractivity contribution in [1.29, 1.82) is 0 Å². The second-order valence-corrected chi connectivity index (χ2v) is 7.60. The third-order valence-electron chi connectivity index (χ3n) is 5.05. The molecule has 7 nitrogen and oxygen atoms in total. The Bertz CT molecular complexity index is 1090. The van der Waals surface area contributed by atoms with Gasteiger partial charge in [-0.25, -0.2) is 18.7 Å². The van der Waals surface area contributed by atoms with E-state index in [4.69, 9.17) is 4.74 Å². The van der Waals surface area contributed by atoms with Crippen LogP contribution in [0.2, 0.25) is 0 Å². The van der Waals surface area contributed by atoms with E-state index in [2.05, 4.69) is 32.4 Å². The fraction of sp³-hybridized carbons (Fsp3) is 0.261. The Balaban J connectivity index is 1.35. The normalized spacial score (nSPS) is 16.0. The highest BCUT2D eigenvalue weighted by atomic mass is 19.1. The first-order valence-corrected chi connectivity index (χ1v) is 10.3. The maximum atomic E-state index is 13.7. The SMILES string of the molecule is C[C@@H]1CN(c2cc(Oc3ccc(NC(=O)Cc4ccc(F)cc4F)cc3)ncn2)CCN1.